The summed E-state index contributed by atoms with van der Waals surface area (Å²) in [6, 6.07) is 7.67. The maximum atomic E-state index is 12.7. The van der Waals surface area contributed by atoms with Crippen LogP contribution in [0.25, 0.3) is 10.9 Å². The second kappa shape index (κ2) is 15.7. The van der Waals surface area contributed by atoms with Crippen molar-refractivity contribution < 1.29 is 14.3 Å². The van der Waals surface area contributed by atoms with E-state index in [1.54, 1.807) is 19.4 Å². The summed E-state index contributed by atoms with van der Waals surface area (Å²) < 4.78 is 4.54. The zero-order valence-electron chi connectivity index (χ0n) is 21.7. The Balaban J connectivity index is 0.000000694. The summed E-state index contributed by atoms with van der Waals surface area (Å²) >= 11 is 0. The number of rotatable bonds is 5. The number of hydrogen-bond acceptors (Lipinski definition) is 5. The van der Waals surface area contributed by atoms with E-state index in [4.69, 9.17) is 4.79 Å². The third kappa shape index (κ3) is 8.14. The van der Waals surface area contributed by atoms with Crippen LogP contribution in [-0.2, 0) is 20.7 Å². The second-order valence-electron chi connectivity index (χ2n) is 8.66. The molecular formula is C29H39N3O4. The first-order valence-electron chi connectivity index (χ1n) is 12.5. The number of aromatic nitrogens is 1. The highest BCUT2D eigenvalue weighted by atomic mass is 16.5. The lowest BCUT2D eigenvalue weighted by Crippen LogP contribution is -2.30. The number of pyridine rings is 1. The number of carbonyl (C=O) groups is 2. The molecule has 1 saturated carbocycles. The fraction of sp³-hybridized carbons (Fsp3) is 0.414. The summed E-state index contributed by atoms with van der Waals surface area (Å²) in [4.78, 5) is 36.6. The number of carbonyl (C=O) groups excluding carboxylic acids is 2. The van der Waals surface area contributed by atoms with Crippen LogP contribution in [0.15, 0.2) is 70.3 Å². The van der Waals surface area contributed by atoms with Crippen molar-refractivity contribution in [3.05, 3.63) is 81.3 Å². The fourth-order valence-electron chi connectivity index (χ4n) is 4.44. The topological polar surface area (TPSA) is 100 Å². The molecule has 1 aromatic carbocycles. The van der Waals surface area contributed by atoms with Crippen LogP contribution in [0.2, 0.25) is 0 Å². The molecule has 194 valence electrons. The molecule has 0 saturated heterocycles. The minimum Gasteiger partial charge on any atom is -0.385 e. The maximum absolute atomic E-state index is 12.7. The molecule has 1 fully saturated rings. The molecule has 3 N–H and O–H groups in total. The molecule has 4 rings (SSSR count). The molecule has 1 heterocycles. The van der Waals surface area contributed by atoms with E-state index in [0.29, 0.717) is 17.0 Å². The molecule has 0 aliphatic heterocycles. The Morgan fingerprint density at radius 1 is 1.17 bits per heavy atom. The maximum Gasteiger partial charge on any atom is 0.228 e. The summed E-state index contributed by atoms with van der Waals surface area (Å²) in [5.74, 6) is -0.172. The average molecular weight is 494 g/mol. The van der Waals surface area contributed by atoms with Crippen molar-refractivity contribution in [1.82, 2.24) is 15.6 Å². The van der Waals surface area contributed by atoms with Gasteiger partial charge in [0.1, 0.15) is 6.79 Å². The highest BCUT2D eigenvalue weighted by Crippen LogP contribution is 2.30. The number of methoxy groups -OCH3 is 1. The lowest BCUT2D eigenvalue weighted by molar-refractivity contribution is -0.119. The predicted octanol–water partition coefficient (Wildman–Crippen LogP) is 4.35. The van der Waals surface area contributed by atoms with Crippen LogP contribution in [0.1, 0.15) is 51.0 Å². The summed E-state index contributed by atoms with van der Waals surface area (Å²) in [7, 11) is 3.68. The number of allylic oxidation sites excluding steroid dienone is 3. The smallest absolute Gasteiger partial charge is 0.228 e. The van der Waals surface area contributed by atoms with Crippen molar-refractivity contribution in [2.45, 2.75) is 57.9 Å². The summed E-state index contributed by atoms with van der Waals surface area (Å²) in [6.45, 7) is 4.78. The van der Waals surface area contributed by atoms with E-state index < -0.39 is 0 Å². The van der Waals surface area contributed by atoms with Crippen LogP contribution < -0.4 is 16.1 Å². The van der Waals surface area contributed by atoms with Gasteiger partial charge in [0.15, 0.2) is 5.43 Å². The first-order valence-corrected chi connectivity index (χ1v) is 12.5. The quantitative estimate of drug-likeness (QED) is 0.575. The first kappa shape index (κ1) is 28.9. The zero-order chi connectivity index (χ0) is 26.3. The normalized spacial score (nSPS) is 17.2. The number of benzene rings is 1. The van der Waals surface area contributed by atoms with Crippen molar-refractivity contribution in [2.24, 2.45) is 0 Å². The summed E-state index contributed by atoms with van der Waals surface area (Å²) in [5, 5.41) is 7.08. The van der Waals surface area contributed by atoms with Crippen molar-refractivity contribution in [3.8, 4) is 0 Å². The van der Waals surface area contributed by atoms with Gasteiger partial charge in [-0.2, -0.15) is 0 Å². The predicted molar refractivity (Wildman–Crippen MR) is 146 cm³/mol. The molecule has 1 aromatic heterocycles. The van der Waals surface area contributed by atoms with Crippen molar-refractivity contribution in [1.29, 1.82) is 0 Å². The van der Waals surface area contributed by atoms with Crippen molar-refractivity contribution in [2.75, 3.05) is 20.8 Å². The molecule has 0 radical (unpaired) electrons. The molecule has 1 amide bonds. The number of ether oxygens (including phenoxy) is 1. The number of fused-ring (bicyclic) bond motifs is 2. The van der Waals surface area contributed by atoms with Gasteiger partial charge in [0.25, 0.3) is 0 Å². The Kier molecular flexibility index (Phi) is 12.6. The molecule has 1 unspecified atom stereocenters. The highest BCUT2D eigenvalue weighted by molar-refractivity contribution is 5.83. The third-order valence-corrected chi connectivity index (χ3v) is 6.34. The van der Waals surface area contributed by atoms with Crippen LogP contribution in [-0.4, -0.2) is 44.5 Å². The minimum absolute atomic E-state index is 0.0520. The molecule has 7 heteroatoms. The monoisotopic (exact) mass is 493 g/mol. The van der Waals surface area contributed by atoms with Crippen molar-refractivity contribution in [3.63, 3.8) is 0 Å². The highest BCUT2D eigenvalue weighted by Gasteiger charge is 2.20. The van der Waals surface area contributed by atoms with Crippen molar-refractivity contribution >= 4 is 23.6 Å². The van der Waals surface area contributed by atoms with Gasteiger partial charge in [-0.1, -0.05) is 37.1 Å². The van der Waals surface area contributed by atoms with E-state index in [1.165, 1.54) is 30.4 Å². The number of nitrogens with one attached hydrogen (secondary N) is 3. The molecule has 0 spiro atoms. The van der Waals surface area contributed by atoms with Crippen LogP contribution in [0, 0.1) is 0 Å². The van der Waals surface area contributed by atoms with E-state index in [1.807, 2.05) is 39.0 Å². The third-order valence-electron chi connectivity index (χ3n) is 6.34. The Bertz CT molecular complexity index is 1140. The minimum atomic E-state index is -0.172. The molecule has 7 nitrogen and oxygen atoms in total. The Labute approximate surface area is 213 Å². The standard InChI is InChI=1S/C25H29N3O2.C3H8O.CH2O/c1-26-22-12-4-2-3-8-17-9-7-10-19(15-21(17)22)28-24(29)14-18-16-27-23-13-6-5-11-20(23)25(18)30;1-3-4-2;1-2/h5-6,9-11,13,15-16,22,26H,2-4,7-8,12,14H2,1H3,(H,27,30)(H,28,29);3H2,1-2H3;1H2. The van der Waals surface area contributed by atoms with Gasteiger partial charge in [-0.15, -0.1) is 0 Å². The molecular weight excluding hydrogens is 454 g/mol. The molecule has 2 aliphatic carbocycles. The molecule has 2 aliphatic rings. The van der Waals surface area contributed by atoms with Gasteiger partial charge in [-0.05, 0) is 69.0 Å². The number of hydrogen-bond donors (Lipinski definition) is 3. The van der Waals surface area contributed by atoms with Gasteiger partial charge < -0.3 is 25.1 Å². The number of H-pyrrole nitrogens is 1. The molecule has 36 heavy (non-hydrogen) atoms. The van der Waals surface area contributed by atoms with Crippen LogP contribution in [0.5, 0.6) is 0 Å². The second-order valence-corrected chi connectivity index (χ2v) is 8.66. The number of aromatic amines is 1. The van der Waals surface area contributed by atoms with Gasteiger partial charge in [-0.3, -0.25) is 9.59 Å². The molecule has 1 atom stereocenters. The van der Waals surface area contributed by atoms with Gasteiger partial charge >= 0.3 is 0 Å². The Morgan fingerprint density at radius 3 is 2.64 bits per heavy atom. The van der Waals surface area contributed by atoms with Gasteiger partial charge in [0, 0.05) is 48.1 Å². The number of para-hydroxylation sites is 1. The lowest BCUT2D eigenvalue weighted by Gasteiger charge is -2.25. The SMILES string of the molecule is C=O.CCOC.CNC1CCCCCC2=CCC=C(NC(=O)Cc3c[nH]c4ccccc4c3=O)C=C21. The summed E-state index contributed by atoms with van der Waals surface area (Å²) in [5.41, 5.74) is 4.66. The first-order chi connectivity index (χ1) is 17.6. The van der Waals surface area contributed by atoms with Crippen LogP contribution >= 0.6 is 0 Å². The van der Waals surface area contributed by atoms with Gasteiger partial charge in [0.05, 0.1) is 6.42 Å². The average Bonchev–Trinajstić information content (AvgIpc) is 3.09. The fourth-order valence-corrected chi connectivity index (χ4v) is 4.44. The molecule has 0 bridgehead atoms. The zero-order valence-corrected chi connectivity index (χ0v) is 21.7. The van der Waals surface area contributed by atoms with Gasteiger partial charge in [-0.25, -0.2) is 0 Å². The van der Waals surface area contributed by atoms with E-state index in [0.717, 1.165) is 37.1 Å². The molecule has 2 aromatic rings. The van der Waals surface area contributed by atoms with E-state index in [-0.39, 0.29) is 17.8 Å². The Hall–Kier alpha value is -3.29. The van der Waals surface area contributed by atoms with Crippen LogP contribution in [0.3, 0.4) is 0 Å². The van der Waals surface area contributed by atoms with E-state index >= 15 is 0 Å². The van der Waals surface area contributed by atoms with E-state index in [2.05, 4.69) is 38.6 Å². The largest absolute Gasteiger partial charge is 0.385 e. The number of amides is 1. The lowest BCUT2D eigenvalue weighted by atomic mass is 9.87. The Morgan fingerprint density at radius 2 is 1.92 bits per heavy atom. The van der Waals surface area contributed by atoms with Gasteiger partial charge in [0.2, 0.25) is 5.91 Å². The number of likely N-dealkylation sites (N-methyl/N-ethyl adjacent to an activating group) is 1. The van der Waals surface area contributed by atoms with E-state index in [9.17, 15) is 9.59 Å². The van der Waals surface area contributed by atoms with Crippen LogP contribution in [0.4, 0.5) is 0 Å². The summed E-state index contributed by atoms with van der Waals surface area (Å²) in [6.07, 6.45) is 14.9.